The van der Waals surface area contributed by atoms with Crippen LogP contribution in [0.25, 0.3) is 41.8 Å². The second kappa shape index (κ2) is 15.7. The second-order valence-electron chi connectivity index (χ2n) is 15.0. The van der Waals surface area contributed by atoms with Crippen molar-refractivity contribution in [2.75, 3.05) is 36.0 Å². The van der Waals surface area contributed by atoms with Gasteiger partial charge in [-0.05, 0) is 107 Å². The highest BCUT2D eigenvalue weighted by molar-refractivity contribution is 7.25. The standard InChI is InChI=1S/C49H54N2S2/c1-5-9-29-50(30-10-6-2)37-25-21-35(22-26-37)45-33-43-47(52-45)48-44(49(43)41-19-15-13-17-39(41)40-18-14-16-20-42(40)49)34-46(53-48)36-23-27-38(28-24-36)51(31-11-7-3)32-12-8-4/h13-28,33-34H,5-12,29-32H2,1-4H3. The maximum Gasteiger partial charge on any atom is 0.0742 e. The van der Waals surface area contributed by atoms with Crippen molar-refractivity contribution in [1.82, 2.24) is 0 Å². The van der Waals surface area contributed by atoms with Gasteiger partial charge in [-0.3, -0.25) is 0 Å². The van der Waals surface area contributed by atoms with Crippen LogP contribution in [0.3, 0.4) is 0 Å². The molecule has 0 saturated carbocycles. The summed E-state index contributed by atoms with van der Waals surface area (Å²) in [5.74, 6) is 0. The van der Waals surface area contributed by atoms with Crippen LogP contribution in [0, 0.1) is 0 Å². The highest BCUT2D eigenvalue weighted by Crippen LogP contribution is 2.67. The van der Waals surface area contributed by atoms with E-state index < -0.39 is 0 Å². The van der Waals surface area contributed by atoms with Crippen LogP contribution < -0.4 is 9.80 Å². The first-order chi connectivity index (χ1) is 26.1. The zero-order valence-electron chi connectivity index (χ0n) is 32.1. The van der Waals surface area contributed by atoms with Crippen LogP contribution >= 0.6 is 22.7 Å². The van der Waals surface area contributed by atoms with Gasteiger partial charge in [0.25, 0.3) is 0 Å². The van der Waals surface area contributed by atoms with E-state index in [9.17, 15) is 0 Å². The molecule has 0 N–H and O–H groups in total. The molecule has 4 aromatic carbocycles. The average molecular weight is 735 g/mol. The predicted octanol–water partition coefficient (Wildman–Crippen LogP) is 14.3. The van der Waals surface area contributed by atoms with Crippen molar-refractivity contribution in [2.45, 2.75) is 84.5 Å². The van der Waals surface area contributed by atoms with Crippen molar-refractivity contribution in [2.24, 2.45) is 0 Å². The lowest BCUT2D eigenvalue weighted by molar-refractivity contribution is 0.678. The first kappa shape index (κ1) is 35.9. The van der Waals surface area contributed by atoms with Gasteiger partial charge in [0.05, 0.1) is 15.2 Å². The van der Waals surface area contributed by atoms with Gasteiger partial charge in [-0.2, -0.15) is 0 Å². The topological polar surface area (TPSA) is 6.48 Å². The van der Waals surface area contributed by atoms with E-state index in [1.807, 2.05) is 22.7 Å². The lowest BCUT2D eigenvalue weighted by Crippen LogP contribution is -2.25. The van der Waals surface area contributed by atoms with E-state index in [1.54, 1.807) is 0 Å². The van der Waals surface area contributed by atoms with Crippen LogP contribution in [0.2, 0.25) is 0 Å². The Morgan fingerprint density at radius 3 is 1.15 bits per heavy atom. The Hall–Kier alpha value is -4.12. The molecule has 0 unspecified atom stereocenters. The van der Waals surface area contributed by atoms with Gasteiger partial charge >= 0.3 is 0 Å². The highest BCUT2D eigenvalue weighted by atomic mass is 32.1. The van der Waals surface area contributed by atoms with Crippen molar-refractivity contribution in [3.05, 3.63) is 131 Å². The summed E-state index contributed by atoms with van der Waals surface area (Å²) in [7, 11) is 0. The number of nitrogens with zero attached hydrogens (tertiary/aromatic N) is 2. The third-order valence-corrected chi connectivity index (χ3v) is 14.1. The molecule has 1 spiro atoms. The molecule has 0 amide bonds. The number of unbranched alkanes of at least 4 members (excludes halogenated alkanes) is 4. The summed E-state index contributed by atoms with van der Waals surface area (Å²) in [4.78, 5) is 10.8. The number of rotatable bonds is 16. The minimum Gasteiger partial charge on any atom is -0.372 e. The van der Waals surface area contributed by atoms with Crippen molar-refractivity contribution in [1.29, 1.82) is 0 Å². The normalized spacial score (nSPS) is 13.2. The number of benzene rings is 4. The minimum atomic E-state index is -0.310. The molecule has 8 rings (SSSR count). The smallest absolute Gasteiger partial charge is 0.0742 e. The van der Waals surface area contributed by atoms with Crippen LogP contribution in [-0.2, 0) is 5.41 Å². The quantitative estimate of drug-likeness (QED) is 0.0975. The Bertz CT molecular complexity index is 1980. The van der Waals surface area contributed by atoms with Gasteiger partial charge in [-0.15, -0.1) is 22.7 Å². The van der Waals surface area contributed by atoms with Crippen LogP contribution in [0.5, 0.6) is 0 Å². The summed E-state index contributed by atoms with van der Waals surface area (Å²) >= 11 is 3.98. The second-order valence-corrected chi connectivity index (χ2v) is 17.1. The van der Waals surface area contributed by atoms with Gasteiger partial charge < -0.3 is 9.80 Å². The predicted molar refractivity (Wildman–Crippen MR) is 233 cm³/mol. The molecule has 2 heterocycles. The van der Waals surface area contributed by atoms with Gasteiger partial charge in [0.2, 0.25) is 0 Å². The Labute approximate surface area is 326 Å². The molecule has 2 aliphatic rings. The number of fused-ring (bicyclic) bond motifs is 10. The summed E-state index contributed by atoms with van der Waals surface area (Å²) in [6.45, 7) is 13.7. The van der Waals surface area contributed by atoms with Crippen molar-refractivity contribution < 1.29 is 0 Å². The Kier molecular flexibility index (Phi) is 10.6. The highest BCUT2D eigenvalue weighted by Gasteiger charge is 2.53. The molecule has 0 radical (unpaired) electrons. The molecule has 53 heavy (non-hydrogen) atoms. The lowest BCUT2D eigenvalue weighted by atomic mass is 9.71. The van der Waals surface area contributed by atoms with E-state index in [4.69, 9.17) is 0 Å². The number of hydrogen-bond acceptors (Lipinski definition) is 4. The van der Waals surface area contributed by atoms with E-state index in [-0.39, 0.29) is 5.41 Å². The van der Waals surface area contributed by atoms with E-state index in [1.165, 1.54) is 127 Å². The zero-order chi connectivity index (χ0) is 36.4. The molecular formula is C49H54N2S2. The van der Waals surface area contributed by atoms with Crippen LogP contribution in [0.1, 0.15) is 101 Å². The van der Waals surface area contributed by atoms with Crippen LogP contribution in [-0.4, -0.2) is 26.2 Å². The molecule has 0 atom stereocenters. The molecule has 6 aromatic rings. The fraction of sp³-hybridized carbons (Fsp3) is 0.347. The summed E-state index contributed by atoms with van der Waals surface area (Å²) in [6, 6.07) is 42.4. The molecule has 0 saturated heterocycles. The van der Waals surface area contributed by atoms with Crippen molar-refractivity contribution in [3.63, 3.8) is 0 Å². The number of hydrogen-bond donors (Lipinski definition) is 0. The molecular weight excluding hydrogens is 681 g/mol. The van der Waals surface area contributed by atoms with E-state index in [2.05, 4.69) is 147 Å². The lowest BCUT2D eigenvalue weighted by Gasteiger charge is -2.29. The minimum absolute atomic E-state index is 0.310. The van der Waals surface area contributed by atoms with Gasteiger partial charge in [0.1, 0.15) is 0 Å². The summed E-state index contributed by atoms with van der Waals surface area (Å²) < 4.78 is 0. The summed E-state index contributed by atoms with van der Waals surface area (Å²) in [5, 5.41) is 0. The molecule has 272 valence electrons. The van der Waals surface area contributed by atoms with Gasteiger partial charge in [-0.1, -0.05) is 126 Å². The zero-order valence-corrected chi connectivity index (χ0v) is 33.7. The molecule has 0 aliphatic heterocycles. The molecule has 0 bridgehead atoms. The largest absolute Gasteiger partial charge is 0.372 e. The summed E-state index contributed by atoms with van der Waals surface area (Å²) in [5.41, 5.74) is 13.5. The average Bonchev–Trinajstić information content (AvgIpc) is 3.96. The van der Waals surface area contributed by atoms with Crippen LogP contribution in [0.4, 0.5) is 11.4 Å². The first-order valence-corrected chi connectivity index (χ1v) is 21.9. The van der Waals surface area contributed by atoms with Gasteiger partial charge in [0.15, 0.2) is 0 Å². The molecule has 2 aliphatic carbocycles. The third kappa shape index (κ3) is 6.36. The van der Waals surface area contributed by atoms with Gasteiger partial charge in [0, 0.05) is 47.3 Å². The fourth-order valence-corrected chi connectivity index (χ4v) is 11.3. The Morgan fingerprint density at radius 2 is 0.792 bits per heavy atom. The van der Waals surface area contributed by atoms with Crippen molar-refractivity contribution >= 4 is 34.0 Å². The SMILES string of the molecule is CCCCN(CCCC)c1ccc(-c2cc3c(s2)-c2sc(-c4ccc(N(CCCC)CCCC)cc4)cc2C32c3ccccc3-c3ccccc32)cc1. The number of thiophene rings is 2. The molecule has 0 fully saturated rings. The molecule has 2 nitrogen and oxygen atoms in total. The Balaban J connectivity index is 1.22. The molecule has 2 aromatic heterocycles. The Morgan fingerprint density at radius 1 is 0.434 bits per heavy atom. The monoisotopic (exact) mass is 734 g/mol. The van der Waals surface area contributed by atoms with E-state index in [0.29, 0.717) is 0 Å². The first-order valence-electron chi connectivity index (χ1n) is 20.3. The fourth-order valence-electron chi connectivity index (χ4n) is 8.73. The number of anilines is 2. The van der Waals surface area contributed by atoms with Gasteiger partial charge in [-0.25, -0.2) is 0 Å². The van der Waals surface area contributed by atoms with E-state index in [0.717, 1.165) is 26.2 Å². The van der Waals surface area contributed by atoms with E-state index >= 15 is 0 Å². The van der Waals surface area contributed by atoms with Crippen LogP contribution in [0.15, 0.2) is 109 Å². The summed E-state index contributed by atoms with van der Waals surface area (Å²) in [6.07, 6.45) is 9.85. The third-order valence-electron chi connectivity index (χ3n) is 11.6. The maximum absolute atomic E-state index is 2.59. The molecule has 4 heteroatoms. The maximum atomic E-state index is 2.59. The van der Waals surface area contributed by atoms with Crippen molar-refractivity contribution in [3.8, 4) is 41.8 Å².